The zero-order chi connectivity index (χ0) is 14.4. The van der Waals surface area contributed by atoms with Crippen LogP contribution < -0.4 is 16.8 Å². The van der Waals surface area contributed by atoms with Crippen LogP contribution in [0.15, 0.2) is 0 Å². The molecule has 0 saturated carbocycles. The molecule has 108 valence electrons. The number of aliphatic carboxylic acids is 1. The summed E-state index contributed by atoms with van der Waals surface area (Å²) in [6, 6.07) is -1.65. The van der Waals surface area contributed by atoms with E-state index in [2.05, 4.69) is 5.32 Å². The van der Waals surface area contributed by atoms with E-state index in [1.54, 1.807) is 0 Å². The number of urea groups is 1. The number of likely N-dealkylation sites (tertiary alicyclic amines) is 1. The van der Waals surface area contributed by atoms with Crippen molar-refractivity contribution in [3.05, 3.63) is 0 Å². The minimum Gasteiger partial charge on any atom is -0.480 e. The zero-order valence-corrected chi connectivity index (χ0v) is 10.7. The predicted molar refractivity (Wildman–Crippen MR) is 67.2 cm³/mol. The minimum absolute atomic E-state index is 0.0176. The minimum atomic E-state index is -1.18. The van der Waals surface area contributed by atoms with E-state index in [-0.39, 0.29) is 18.9 Å². The average molecular weight is 272 g/mol. The highest BCUT2D eigenvalue weighted by molar-refractivity contribution is 5.83. The molecule has 8 nitrogen and oxygen atoms in total. The molecule has 1 aliphatic heterocycles. The van der Waals surface area contributed by atoms with Crippen LogP contribution in [0, 0.1) is 0 Å². The number of amides is 3. The van der Waals surface area contributed by atoms with Crippen LogP contribution >= 0.6 is 0 Å². The number of rotatable bonds is 5. The van der Waals surface area contributed by atoms with Crippen molar-refractivity contribution in [3.8, 4) is 0 Å². The number of carboxylic acid groups (broad SMARTS) is 1. The smallest absolute Gasteiger partial charge is 0.326 e. The first-order chi connectivity index (χ1) is 8.90. The SMILES string of the molecule is NC(=O)CC[C@@H](NC(=O)N1CCCC(N)C1)C(=O)O. The van der Waals surface area contributed by atoms with Gasteiger partial charge in [-0.25, -0.2) is 9.59 Å². The van der Waals surface area contributed by atoms with Crippen LogP contribution in [-0.4, -0.2) is 53.1 Å². The van der Waals surface area contributed by atoms with Gasteiger partial charge in [0.15, 0.2) is 0 Å². The number of nitrogens with zero attached hydrogens (tertiary/aromatic N) is 1. The fraction of sp³-hybridized carbons (Fsp3) is 0.727. The molecule has 6 N–H and O–H groups in total. The average Bonchev–Trinajstić information content (AvgIpc) is 2.33. The number of carbonyl (C=O) groups is 3. The van der Waals surface area contributed by atoms with Gasteiger partial charge in [0.2, 0.25) is 5.91 Å². The van der Waals surface area contributed by atoms with Gasteiger partial charge in [-0.15, -0.1) is 0 Å². The second-order valence-electron chi connectivity index (χ2n) is 4.69. The van der Waals surface area contributed by atoms with Crippen LogP contribution in [0.2, 0.25) is 0 Å². The summed E-state index contributed by atoms with van der Waals surface area (Å²) in [4.78, 5) is 35.0. The summed E-state index contributed by atoms with van der Waals surface area (Å²) >= 11 is 0. The third-order valence-electron chi connectivity index (χ3n) is 3.02. The number of carboxylic acids is 1. The maximum absolute atomic E-state index is 11.9. The Balaban J connectivity index is 2.50. The summed E-state index contributed by atoms with van der Waals surface area (Å²) in [5.74, 6) is -1.78. The number of primary amides is 1. The van der Waals surface area contributed by atoms with E-state index in [0.717, 1.165) is 12.8 Å². The van der Waals surface area contributed by atoms with Gasteiger partial charge in [-0.3, -0.25) is 4.79 Å². The first kappa shape index (κ1) is 15.2. The van der Waals surface area contributed by atoms with Gasteiger partial charge in [0.25, 0.3) is 0 Å². The molecule has 19 heavy (non-hydrogen) atoms. The lowest BCUT2D eigenvalue weighted by atomic mass is 10.1. The standard InChI is InChI=1S/C11H20N4O4/c12-7-2-1-5-15(6-7)11(19)14-8(10(17)18)3-4-9(13)16/h7-8H,1-6,12H2,(H2,13,16)(H,14,19)(H,17,18)/t7?,8-/m1/s1. The number of nitrogens with two attached hydrogens (primary N) is 2. The van der Waals surface area contributed by atoms with Crippen molar-refractivity contribution in [3.63, 3.8) is 0 Å². The molecule has 0 spiro atoms. The van der Waals surface area contributed by atoms with Crippen molar-refractivity contribution in [1.29, 1.82) is 0 Å². The Kier molecular flexibility index (Phi) is 5.56. The van der Waals surface area contributed by atoms with E-state index in [1.165, 1.54) is 4.90 Å². The molecule has 0 aromatic carbocycles. The number of nitrogens with one attached hydrogen (secondary N) is 1. The van der Waals surface area contributed by atoms with Crippen molar-refractivity contribution in [2.24, 2.45) is 11.5 Å². The van der Waals surface area contributed by atoms with E-state index in [4.69, 9.17) is 16.6 Å². The van der Waals surface area contributed by atoms with Crippen LogP contribution in [-0.2, 0) is 9.59 Å². The van der Waals surface area contributed by atoms with Gasteiger partial charge in [0, 0.05) is 25.6 Å². The fourth-order valence-corrected chi connectivity index (χ4v) is 1.98. The molecule has 1 saturated heterocycles. The highest BCUT2D eigenvalue weighted by Crippen LogP contribution is 2.09. The predicted octanol–water partition coefficient (Wildman–Crippen LogP) is -1.16. The summed E-state index contributed by atoms with van der Waals surface area (Å²) in [7, 11) is 0. The van der Waals surface area contributed by atoms with Crippen molar-refractivity contribution >= 4 is 17.9 Å². The van der Waals surface area contributed by atoms with E-state index >= 15 is 0 Å². The Labute approximate surface area is 111 Å². The quantitative estimate of drug-likeness (QED) is 0.500. The fourth-order valence-electron chi connectivity index (χ4n) is 1.98. The summed E-state index contributed by atoms with van der Waals surface area (Å²) in [6.45, 7) is 0.968. The Bertz CT molecular complexity index is 361. The molecule has 0 aromatic heterocycles. The molecule has 1 heterocycles. The van der Waals surface area contributed by atoms with Crippen molar-refractivity contribution < 1.29 is 19.5 Å². The molecular formula is C11H20N4O4. The van der Waals surface area contributed by atoms with E-state index in [0.29, 0.717) is 13.1 Å². The first-order valence-corrected chi connectivity index (χ1v) is 6.22. The highest BCUT2D eigenvalue weighted by Gasteiger charge is 2.26. The van der Waals surface area contributed by atoms with Gasteiger partial charge in [-0.1, -0.05) is 0 Å². The maximum atomic E-state index is 11.9. The van der Waals surface area contributed by atoms with E-state index in [9.17, 15) is 14.4 Å². The molecule has 0 aliphatic carbocycles. The highest BCUT2D eigenvalue weighted by atomic mass is 16.4. The third-order valence-corrected chi connectivity index (χ3v) is 3.02. The van der Waals surface area contributed by atoms with Crippen molar-refractivity contribution in [1.82, 2.24) is 10.2 Å². The number of carbonyl (C=O) groups excluding carboxylic acids is 2. The Morgan fingerprint density at radius 1 is 1.42 bits per heavy atom. The maximum Gasteiger partial charge on any atom is 0.326 e. The van der Waals surface area contributed by atoms with E-state index < -0.39 is 23.9 Å². The van der Waals surface area contributed by atoms with Gasteiger partial charge in [-0.2, -0.15) is 0 Å². The second kappa shape index (κ2) is 6.93. The number of piperidine rings is 1. The third kappa shape index (κ3) is 5.12. The van der Waals surface area contributed by atoms with Crippen LogP contribution in [0.3, 0.4) is 0 Å². The Morgan fingerprint density at radius 3 is 2.63 bits per heavy atom. The molecule has 1 rings (SSSR count). The van der Waals surface area contributed by atoms with Gasteiger partial charge in [0.1, 0.15) is 6.04 Å². The molecule has 0 radical (unpaired) electrons. The van der Waals surface area contributed by atoms with Crippen LogP contribution in [0.5, 0.6) is 0 Å². The summed E-state index contributed by atoms with van der Waals surface area (Å²) in [6.07, 6.45) is 1.55. The second-order valence-corrected chi connectivity index (χ2v) is 4.69. The molecule has 0 aromatic rings. The van der Waals surface area contributed by atoms with Crippen LogP contribution in [0.4, 0.5) is 4.79 Å². The molecule has 3 amide bonds. The van der Waals surface area contributed by atoms with Gasteiger partial charge in [0.05, 0.1) is 0 Å². The van der Waals surface area contributed by atoms with E-state index in [1.807, 2.05) is 0 Å². The molecular weight excluding hydrogens is 252 g/mol. The number of hydrogen-bond acceptors (Lipinski definition) is 4. The molecule has 1 unspecified atom stereocenters. The first-order valence-electron chi connectivity index (χ1n) is 6.22. The lowest BCUT2D eigenvalue weighted by Gasteiger charge is -2.31. The Hall–Kier alpha value is -1.83. The summed E-state index contributed by atoms with van der Waals surface area (Å²) < 4.78 is 0. The lowest BCUT2D eigenvalue weighted by Crippen LogP contribution is -2.53. The summed E-state index contributed by atoms with van der Waals surface area (Å²) in [5.41, 5.74) is 10.7. The van der Waals surface area contributed by atoms with Crippen molar-refractivity contribution in [2.75, 3.05) is 13.1 Å². The summed E-state index contributed by atoms with van der Waals surface area (Å²) in [5, 5.41) is 11.4. The zero-order valence-electron chi connectivity index (χ0n) is 10.7. The molecule has 0 bridgehead atoms. The molecule has 2 atom stereocenters. The normalized spacial score (nSPS) is 20.7. The van der Waals surface area contributed by atoms with Crippen LogP contribution in [0.1, 0.15) is 25.7 Å². The molecule has 1 aliphatic rings. The largest absolute Gasteiger partial charge is 0.480 e. The Morgan fingerprint density at radius 2 is 2.11 bits per heavy atom. The lowest BCUT2D eigenvalue weighted by molar-refractivity contribution is -0.139. The number of hydrogen-bond donors (Lipinski definition) is 4. The van der Waals surface area contributed by atoms with Gasteiger partial charge in [-0.05, 0) is 19.3 Å². The molecule has 8 heteroatoms. The van der Waals surface area contributed by atoms with Gasteiger partial charge >= 0.3 is 12.0 Å². The van der Waals surface area contributed by atoms with Crippen molar-refractivity contribution in [2.45, 2.75) is 37.8 Å². The molecule has 1 fully saturated rings. The monoisotopic (exact) mass is 272 g/mol. The topological polar surface area (TPSA) is 139 Å². The van der Waals surface area contributed by atoms with Gasteiger partial charge < -0.3 is 26.8 Å². The van der Waals surface area contributed by atoms with Crippen LogP contribution in [0.25, 0.3) is 0 Å².